The Morgan fingerprint density at radius 3 is 2.60 bits per heavy atom. The van der Waals surface area contributed by atoms with Crippen molar-refractivity contribution in [2.45, 2.75) is 18.4 Å². The quantitative estimate of drug-likeness (QED) is 0.910. The number of aryl methyl sites for hydroxylation is 1. The van der Waals surface area contributed by atoms with Crippen molar-refractivity contribution in [1.29, 1.82) is 0 Å². The Kier molecular flexibility index (Phi) is 4.22. The van der Waals surface area contributed by atoms with E-state index in [4.69, 9.17) is 9.52 Å². The van der Waals surface area contributed by atoms with Gasteiger partial charge in [0, 0.05) is 13.1 Å². The largest absolute Gasteiger partial charge is 0.450 e. The normalized spacial score (nSPS) is 11.6. The molecule has 0 aliphatic rings. The standard InChI is InChI=1S/C13H14BrNO4S/c1-9-4-3-5-10(6-9)15(2)20(17,18)12-7-11(8-16)19-13(12)14/h3-7,16H,8H2,1-2H3. The van der Waals surface area contributed by atoms with Crippen LogP contribution in [0.5, 0.6) is 0 Å². The van der Waals surface area contributed by atoms with E-state index >= 15 is 0 Å². The first-order valence-corrected chi connectivity index (χ1v) is 8.04. The van der Waals surface area contributed by atoms with Crippen LogP contribution in [0.15, 0.2) is 44.3 Å². The van der Waals surface area contributed by atoms with Crippen LogP contribution in [0.25, 0.3) is 0 Å². The lowest BCUT2D eigenvalue weighted by Gasteiger charge is -2.19. The molecule has 1 aromatic carbocycles. The zero-order valence-electron chi connectivity index (χ0n) is 11.0. The molecule has 0 aliphatic heterocycles. The summed E-state index contributed by atoms with van der Waals surface area (Å²) in [5, 5.41) is 9.01. The average molecular weight is 360 g/mol. The van der Waals surface area contributed by atoms with Crippen molar-refractivity contribution in [1.82, 2.24) is 0 Å². The number of benzene rings is 1. The van der Waals surface area contributed by atoms with Crippen LogP contribution in [0, 0.1) is 6.92 Å². The van der Waals surface area contributed by atoms with Crippen molar-refractivity contribution < 1.29 is 17.9 Å². The summed E-state index contributed by atoms with van der Waals surface area (Å²) in [5.41, 5.74) is 1.52. The highest BCUT2D eigenvalue weighted by atomic mass is 79.9. The van der Waals surface area contributed by atoms with Gasteiger partial charge in [0.05, 0.1) is 5.69 Å². The molecule has 0 saturated heterocycles. The number of nitrogens with zero attached hydrogens (tertiary/aromatic N) is 1. The maximum atomic E-state index is 12.5. The number of halogens is 1. The molecule has 2 aromatic rings. The number of hydrogen-bond acceptors (Lipinski definition) is 4. The summed E-state index contributed by atoms with van der Waals surface area (Å²) < 4.78 is 31.5. The van der Waals surface area contributed by atoms with Gasteiger partial charge in [-0.15, -0.1) is 0 Å². The van der Waals surface area contributed by atoms with Crippen LogP contribution in [0.2, 0.25) is 0 Å². The molecule has 0 unspecified atom stereocenters. The SMILES string of the molecule is Cc1cccc(N(C)S(=O)(=O)c2cc(CO)oc2Br)c1. The van der Waals surface area contributed by atoms with Gasteiger partial charge < -0.3 is 9.52 Å². The second-order valence-electron chi connectivity index (χ2n) is 4.32. The number of furan rings is 1. The molecule has 1 aromatic heterocycles. The number of aliphatic hydroxyl groups excluding tert-OH is 1. The third-order valence-corrected chi connectivity index (χ3v) is 5.51. The Morgan fingerprint density at radius 1 is 1.35 bits per heavy atom. The summed E-state index contributed by atoms with van der Waals surface area (Å²) in [7, 11) is -2.27. The molecule has 0 aliphatic carbocycles. The molecule has 1 heterocycles. The van der Waals surface area contributed by atoms with Crippen LogP contribution < -0.4 is 4.31 Å². The second kappa shape index (κ2) is 5.59. The molecule has 108 valence electrons. The van der Waals surface area contributed by atoms with Crippen LogP contribution in [0.3, 0.4) is 0 Å². The van der Waals surface area contributed by atoms with Gasteiger partial charge in [-0.3, -0.25) is 4.31 Å². The summed E-state index contributed by atoms with van der Waals surface area (Å²) in [5.74, 6) is 0.188. The van der Waals surface area contributed by atoms with E-state index in [0.29, 0.717) is 5.69 Å². The molecule has 0 radical (unpaired) electrons. The molecule has 0 bridgehead atoms. The molecule has 0 spiro atoms. The summed E-state index contributed by atoms with van der Waals surface area (Å²) in [4.78, 5) is -0.00874. The van der Waals surface area contributed by atoms with Crippen LogP contribution in [0.1, 0.15) is 11.3 Å². The van der Waals surface area contributed by atoms with Crippen molar-refractivity contribution in [2.75, 3.05) is 11.4 Å². The summed E-state index contributed by atoms with van der Waals surface area (Å²) in [6.07, 6.45) is 0. The molecular formula is C13H14BrNO4S. The first-order valence-electron chi connectivity index (χ1n) is 5.81. The fraction of sp³-hybridized carbons (Fsp3) is 0.231. The Labute approximate surface area is 126 Å². The fourth-order valence-electron chi connectivity index (χ4n) is 1.76. The number of rotatable bonds is 4. The van der Waals surface area contributed by atoms with E-state index in [1.54, 1.807) is 18.2 Å². The Bertz CT molecular complexity index is 724. The van der Waals surface area contributed by atoms with Gasteiger partial charge in [0.2, 0.25) is 0 Å². The average Bonchev–Trinajstić information content (AvgIpc) is 2.80. The molecule has 0 amide bonds. The second-order valence-corrected chi connectivity index (χ2v) is 6.98. The number of sulfonamides is 1. The maximum absolute atomic E-state index is 12.5. The first kappa shape index (κ1) is 15.1. The van der Waals surface area contributed by atoms with E-state index in [1.165, 1.54) is 17.4 Å². The van der Waals surface area contributed by atoms with Gasteiger partial charge in [-0.05, 0) is 40.5 Å². The maximum Gasteiger partial charge on any atom is 0.268 e. The highest BCUT2D eigenvalue weighted by molar-refractivity contribution is 9.10. The molecular weight excluding hydrogens is 346 g/mol. The zero-order chi connectivity index (χ0) is 14.9. The third kappa shape index (κ3) is 2.74. The molecule has 0 saturated carbocycles. The van der Waals surface area contributed by atoms with Gasteiger partial charge in [-0.1, -0.05) is 12.1 Å². The van der Waals surface area contributed by atoms with Crippen LogP contribution in [0.4, 0.5) is 5.69 Å². The Morgan fingerprint density at radius 2 is 2.05 bits per heavy atom. The fourth-order valence-corrected chi connectivity index (χ4v) is 3.91. The molecule has 5 nitrogen and oxygen atoms in total. The van der Waals surface area contributed by atoms with Crippen LogP contribution in [-0.2, 0) is 16.6 Å². The smallest absolute Gasteiger partial charge is 0.268 e. The minimum absolute atomic E-state index is 0.00874. The summed E-state index contributed by atoms with van der Waals surface area (Å²) in [6, 6.07) is 8.48. The van der Waals surface area contributed by atoms with Gasteiger partial charge in [0.1, 0.15) is 17.3 Å². The number of hydrogen-bond donors (Lipinski definition) is 1. The minimum Gasteiger partial charge on any atom is -0.450 e. The predicted octanol–water partition coefficient (Wildman–Crippen LogP) is 2.67. The lowest BCUT2D eigenvalue weighted by molar-refractivity contribution is 0.245. The van der Waals surface area contributed by atoms with Crippen molar-refractivity contribution in [3.8, 4) is 0 Å². The molecule has 2 rings (SSSR count). The molecule has 0 fully saturated rings. The van der Waals surface area contributed by atoms with Gasteiger partial charge in [0.25, 0.3) is 10.0 Å². The van der Waals surface area contributed by atoms with Gasteiger partial charge >= 0.3 is 0 Å². The summed E-state index contributed by atoms with van der Waals surface area (Å²) in [6.45, 7) is 1.53. The van der Waals surface area contributed by atoms with E-state index in [-0.39, 0.29) is 21.9 Å². The number of anilines is 1. The molecule has 7 heteroatoms. The van der Waals surface area contributed by atoms with Gasteiger partial charge in [-0.25, -0.2) is 8.42 Å². The topological polar surface area (TPSA) is 70.8 Å². The summed E-state index contributed by atoms with van der Waals surface area (Å²) >= 11 is 3.07. The monoisotopic (exact) mass is 359 g/mol. The zero-order valence-corrected chi connectivity index (χ0v) is 13.4. The third-order valence-electron chi connectivity index (χ3n) is 2.87. The Hall–Kier alpha value is -1.31. The lowest BCUT2D eigenvalue weighted by atomic mass is 10.2. The highest BCUT2D eigenvalue weighted by Crippen LogP contribution is 2.30. The van der Waals surface area contributed by atoms with Crippen LogP contribution >= 0.6 is 15.9 Å². The minimum atomic E-state index is -3.75. The molecule has 1 N–H and O–H groups in total. The van der Waals surface area contributed by atoms with Crippen molar-refractivity contribution >= 4 is 31.6 Å². The predicted molar refractivity (Wildman–Crippen MR) is 79.1 cm³/mol. The van der Waals surface area contributed by atoms with E-state index in [9.17, 15) is 8.42 Å². The lowest BCUT2D eigenvalue weighted by Crippen LogP contribution is -2.26. The van der Waals surface area contributed by atoms with Crippen LogP contribution in [-0.4, -0.2) is 20.6 Å². The number of aliphatic hydroxyl groups is 1. The van der Waals surface area contributed by atoms with E-state index in [1.807, 2.05) is 13.0 Å². The van der Waals surface area contributed by atoms with Crippen molar-refractivity contribution in [3.05, 3.63) is 46.3 Å². The molecule has 0 atom stereocenters. The van der Waals surface area contributed by atoms with Gasteiger partial charge in [-0.2, -0.15) is 0 Å². The van der Waals surface area contributed by atoms with Crippen molar-refractivity contribution in [3.63, 3.8) is 0 Å². The van der Waals surface area contributed by atoms with E-state index in [0.717, 1.165) is 5.56 Å². The highest BCUT2D eigenvalue weighted by Gasteiger charge is 2.27. The Balaban J connectivity index is 2.46. The van der Waals surface area contributed by atoms with Crippen molar-refractivity contribution in [2.24, 2.45) is 0 Å². The van der Waals surface area contributed by atoms with E-state index in [2.05, 4.69) is 15.9 Å². The first-order chi connectivity index (χ1) is 9.36. The molecule has 20 heavy (non-hydrogen) atoms. The van der Waals surface area contributed by atoms with E-state index < -0.39 is 10.0 Å². The van der Waals surface area contributed by atoms with Gasteiger partial charge in [0.15, 0.2) is 4.67 Å².